The number of ether oxygens (including phenoxy) is 1. The number of ketones is 1. The minimum absolute atomic E-state index is 0.0136. The predicted molar refractivity (Wildman–Crippen MR) is 99.8 cm³/mol. The van der Waals surface area contributed by atoms with Crippen LogP contribution < -0.4 is 4.74 Å². The second-order valence-electron chi connectivity index (χ2n) is 6.71. The fraction of sp³-hybridized carbons (Fsp3) is 0.400. The van der Waals surface area contributed by atoms with Crippen LogP contribution in [-0.4, -0.2) is 47.3 Å². The minimum atomic E-state index is -0.0682. The minimum Gasteiger partial charge on any atom is -0.489 e. The van der Waals surface area contributed by atoms with Crippen molar-refractivity contribution in [3.05, 3.63) is 54.0 Å². The summed E-state index contributed by atoms with van der Waals surface area (Å²) in [6.07, 6.45) is 3.16. The molecule has 0 bridgehead atoms. The van der Waals surface area contributed by atoms with Gasteiger partial charge in [0.25, 0.3) is 5.91 Å². The van der Waals surface area contributed by atoms with E-state index in [0.29, 0.717) is 43.4 Å². The zero-order valence-electron chi connectivity index (χ0n) is 14.4. The molecule has 2 fully saturated rings. The largest absolute Gasteiger partial charge is 0.489 e. The van der Waals surface area contributed by atoms with Gasteiger partial charge >= 0.3 is 0 Å². The highest BCUT2D eigenvalue weighted by Gasteiger charge is 2.29. The van der Waals surface area contributed by atoms with Crippen LogP contribution in [0.1, 0.15) is 33.8 Å². The van der Waals surface area contributed by atoms with Gasteiger partial charge in [0, 0.05) is 36.1 Å². The Morgan fingerprint density at radius 3 is 2.38 bits per heavy atom. The molecule has 1 amide bonds. The summed E-state index contributed by atoms with van der Waals surface area (Å²) in [6.45, 7) is 1.18. The number of carbonyl (C=O) groups excluding carboxylic acids is 2. The van der Waals surface area contributed by atoms with Crippen LogP contribution in [0.2, 0.25) is 0 Å². The van der Waals surface area contributed by atoms with Gasteiger partial charge in [0.05, 0.1) is 6.26 Å². The van der Waals surface area contributed by atoms with Crippen molar-refractivity contribution in [1.82, 2.24) is 4.90 Å². The Hall–Kier alpha value is -2.21. The van der Waals surface area contributed by atoms with Gasteiger partial charge in [0.2, 0.25) is 5.78 Å². The molecule has 0 atom stereocenters. The van der Waals surface area contributed by atoms with Gasteiger partial charge in [0.15, 0.2) is 5.76 Å². The van der Waals surface area contributed by atoms with Gasteiger partial charge in [-0.15, -0.1) is 0 Å². The van der Waals surface area contributed by atoms with E-state index in [0.717, 1.165) is 17.3 Å². The standard InChI is InChI=1S/C20H21NO4S/c22-19(18-2-1-11-24-18)14-7-9-21(10-8-14)20(23)15-3-5-16(6-4-15)25-17-12-26-13-17/h1-6,11,14,17H,7-10,12-13H2. The number of amides is 1. The highest BCUT2D eigenvalue weighted by atomic mass is 32.2. The molecule has 26 heavy (non-hydrogen) atoms. The van der Waals surface area contributed by atoms with E-state index < -0.39 is 0 Å². The molecule has 0 spiro atoms. The Labute approximate surface area is 156 Å². The lowest BCUT2D eigenvalue weighted by Gasteiger charge is -2.31. The van der Waals surface area contributed by atoms with Gasteiger partial charge in [-0.1, -0.05) is 0 Å². The number of nitrogens with zero attached hydrogens (tertiary/aromatic N) is 1. The Kier molecular flexibility index (Phi) is 5.02. The van der Waals surface area contributed by atoms with E-state index in [-0.39, 0.29) is 17.6 Å². The molecule has 6 heteroatoms. The van der Waals surface area contributed by atoms with E-state index >= 15 is 0 Å². The molecule has 5 nitrogen and oxygen atoms in total. The maximum atomic E-state index is 12.7. The van der Waals surface area contributed by atoms with Crippen molar-refractivity contribution in [3.8, 4) is 5.75 Å². The molecule has 1 aromatic heterocycles. The first-order valence-corrected chi connectivity index (χ1v) is 10.1. The molecule has 0 saturated carbocycles. The summed E-state index contributed by atoms with van der Waals surface area (Å²) in [5.74, 6) is 3.28. The number of benzene rings is 1. The van der Waals surface area contributed by atoms with Crippen molar-refractivity contribution in [3.63, 3.8) is 0 Å². The molecule has 2 aliphatic rings. The van der Waals surface area contributed by atoms with Gasteiger partial charge < -0.3 is 14.1 Å². The Morgan fingerprint density at radius 2 is 1.81 bits per heavy atom. The van der Waals surface area contributed by atoms with Gasteiger partial charge in [-0.3, -0.25) is 9.59 Å². The van der Waals surface area contributed by atoms with Crippen molar-refractivity contribution in [2.45, 2.75) is 18.9 Å². The van der Waals surface area contributed by atoms with E-state index in [1.807, 2.05) is 40.9 Å². The molecular formula is C20H21NO4S. The number of thioether (sulfide) groups is 1. The number of furan rings is 1. The zero-order chi connectivity index (χ0) is 17.9. The first kappa shape index (κ1) is 17.2. The molecule has 2 aromatic rings. The average molecular weight is 371 g/mol. The average Bonchev–Trinajstić information content (AvgIpc) is 3.19. The van der Waals surface area contributed by atoms with Crippen LogP contribution in [0.25, 0.3) is 0 Å². The SMILES string of the molecule is O=C(c1ccco1)C1CCN(C(=O)c2ccc(OC3CSC3)cc2)CC1. The number of rotatable bonds is 5. The smallest absolute Gasteiger partial charge is 0.253 e. The van der Waals surface area contributed by atoms with Crippen LogP contribution in [0, 0.1) is 5.92 Å². The predicted octanol–water partition coefficient (Wildman–Crippen LogP) is 3.51. The lowest BCUT2D eigenvalue weighted by Crippen LogP contribution is -2.40. The number of likely N-dealkylation sites (tertiary alicyclic amines) is 1. The molecule has 2 saturated heterocycles. The summed E-state index contributed by atoms with van der Waals surface area (Å²) >= 11 is 1.88. The van der Waals surface area contributed by atoms with Crippen LogP contribution in [0.15, 0.2) is 47.1 Å². The Bertz CT molecular complexity index is 760. The first-order valence-electron chi connectivity index (χ1n) is 8.92. The summed E-state index contributed by atoms with van der Waals surface area (Å²) < 4.78 is 11.0. The van der Waals surface area contributed by atoms with Gasteiger partial charge in [0.1, 0.15) is 11.9 Å². The first-order chi connectivity index (χ1) is 12.7. The Balaban J connectivity index is 1.32. The maximum Gasteiger partial charge on any atom is 0.253 e. The molecule has 0 aliphatic carbocycles. The normalized spacial score (nSPS) is 18.4. The zero-order valence-corrected chi connectivity index (χ0v) is 15.2. The van der Waals surface area contributed by atoms with E-state index in [1.165, 1.54) is 6.26 Å². The molecule has 0 unspecified atom stereocenters. The maximum absolute atomic E-state index is 12.7. The van der Waals surface area contributed by atoms with Crippen LogP contribution >= 0.6 is 11.8 Å². The molecule has 0 radical (unpaired) electrons. The van der Waals surface area contributed by atoms with E-state index in [1.54, 1.807) is 12.1 Å². The van der Waals surface area contributed by atoms with E-state index in [2.05, 4.69) is 0 Å². The second kappa shape index (κ2) is 7.58. The summed E-state index contributed by atoms with van der Waals surface area (Å²) in [6, 6.07) is 10.8. The number of hydrogen-bond acceptors (Lipinski definition) is 5. The van der Waals surface area contributed by atoms with Gasteiger partial charge in [-0.05, 0) is 49.2 Å². The topological polar surface area (TPSA) is 59.8 Å². The highest BCUT2D eigenvalue weighted by molar-refractivity contribution is 8.00. The molecule has 1 aromatic carbocycles. The number of hydrogen-bond donors (Lipinski definition) is 0. The van der Waals surface area contributed by atoms with Crippen molar-refractivity contribution in [2.75, 3.05) is 24.6 Å². The quantitative estimate of drug-likeness (QED) is 0.753. The fourth-order valence-electron chi connectivity index (χ4n) is 3.30. The molecular weight excluding hydrogens is 350 g/mol. The molecule has 0 N–H and O–H groups in total. The summed E-state index contributed by atoms with van der Waals surface area (Å²) in [7, 11) is 0. The molecule has 2 aliphatic heterocycles. The van der Waals surface area contributed by atoms with Crippen LogP contribution in [-0.2, 0) is 0 Å². The second-order valence-corrected chi connectivity index (χ2v) is 7.78. The molecule has 136 valence electrons. The van der Waals surface area contributed by atoms with Crippen molar-refractivity contribution >= 4 is 23.5 Å². The van der Waals surface area contributed by atoms with Gasteiger partial charge in [-0.25, -0.2) is 0 Å². The van der Waals surface area contributed by atoms with Crippen LogP contribution in [0.3, 0.4) is 0 Å². The van der Waals surface area contributed by atoms with Crippen molar-refractivity contribution < 1.29 is 18.7 Å². The fourth-order valence-corrected chi connectivity index (χ4v) is 3.86. The lowest BCUT2D eigenvalue weighted by atomic mass is 9.91. The highest BCUT2D eigenvalue weighted by Crippen LogP contribution is 2.26. The third-order valence-electron chi connectivity index (χ3n) is 4.93. The summed E-state index contributed by atoms with van der Waals surface area (Å²) in [4.78, 5) is 26.9. The van der Waals surface area contributed by atoms with Crippen molar-refractivity contribution in [1.29, 1.82) is 0 Å². The summed E-state index contributed by atoms with van der Waals surface area (Å²) in [5.41, 5.74) is 0.663. The van der Waals surface area contributed by atoms with E-state index in [9.17, 15) is 9.59 Å². The Morgan fingerprint density at radius 1 is 1.08 bits per heavy atom. The lowest BCUT2D eigenvalue weighted by molar-refractivity contribution is 0.0642. The van der Waals surface area contributed by atoms with E-state index in [4.69, 9.17) is 9.15 Å². The number of Topliss-reactive ketones (excluding diaryl/α,β-unsaturated/α-hetero) is 1. The molecule has 3 heterocycles. The van der Waals surface area contributed by atoms with Crippen molar-refractivity contribution in [2.24, 2.45) is 5.92 Å². The molecule has 4 rings (SSSR count). The number of piperidine rings is 1. The summed E-state index contributed by atoms with van der Waals surface area (Å²) in [5, 5.41) is 0. The third-order valence-corrected chi connectivity index (χ3v) is 6.14. The van der Waals surface area contributed by atoms with Crippen LogP contribution in [0.4, 0.5) is 0 Å². The third kappa shape index (κ3) is 3.65. The number of carbonyl (C=O) groups is 2. The monoisotopic (exact) mass is 371 g/mol. The van der Waals surface area contributed by atoms with Crippen LogP contribution in [0.5, 0.6) is 5.75 Å². The van der Waals surface area contributed by atoms with Gasteiger partial charge in [-0.2, -0.15) is 11.8 Å².